The van der Waals surface area contributed by atoms with Gasteiger partial charge in [0.1, 0.15) is 5.76 Å². The molecule has 1 N–H and O–H groups in total. The maximum absolute atomic E-state index is 10.7. The topological polar surface area (TPSA) is 63.6 Å². The lowest BCUT2D eigenvalue weighted by atomic mass is 9.78. The lowest BCUT2D eigenvalue weighted by Gasteiger charge is -2.29. The first-order valence-electron chi connectivity index (χ1n) is 8.58. The molecule has 0 amide bonds. The molecule has 8 heteroatoms. The molecule has 0 fully saturated rings. The normalized spacial score (nSPS) is 18.9. The van der Waals surface area contributed by atoms with Gasteiger partial charge in [-0.3, -0.25) is 4.55 Å². The number of hydrogen-bond acceptors (Lipinski definition) is 3. The van der Waals surface area contributed by atoms with E-state index in [1.54, 1.807) is 0 Å². The van der Waals surface area contributed by atoms with Gasteiger partial charge in [0.15, 0.2) is 0 Å². The average Bonchev–Trinajstić information content (AvgIpc) is 2.61. The van der Waals surface area contributed by atoms with Crippen LogP contribution in [0.5, 0.6) is 0 Å². The van der Waals surface area contributed by atoms with E-state index in [-0.39, 0.29) is 5.41 Å². The second-order valence-corrected chi connectivity index (χ2v) is 8.18. The minimum Gasteiger partial charge on any atom is -0.465 e. The first kappa shape index (κ1) is 22.7. The van der Waals surface area contributed by atoms with Crippen molar-refractivity contribution in [2.75, 3.05) is 0 Å². The lowest BCUT2D eigenvalue weighted by Crippen LogP contribution is -2.21. The third-order valence-electron chi connectivity index (χ3n) is 4.47. The zero-order chi connectivity index (χ0) is 21.9. The molecule has 2 aromatic rings. The number of aryl methyl sites for hydroxylation is 2. The monoisotopic (exact) mass is 426 g/mol. The summed E-state index contributed by atoms with van der Waals surface area (Å²) >= 11 is 0. The van der Waals surface area contributed by atoms with Crippen LogP contribution < -0.4 is 0 Å². The third-order valence-corrected chi connectivity index (χ3v) is 5.05. The Labute approximate surface area is 168 Å². The highest BCUT2D eigenvalue weighted by Crippen LogP contribution is 2.36. The lowest BCUT2D eigenvalue weighted by molar-refractivity contribution is -0.0510. The molecule has 0 bridgehead atoms. The van der Waals surface area contributed by atoms with Crippen LogP contribution in [0.4, 0.5) is 13.2 Å². The van der Waals surface area contributed by atoms with E-state index in [1.165, 1.54) is 16.7 Å². The summed E-state index contributed by atoms with van der Waals surface area (Å²) in [4.78, 5) is 0. The summed E-state index contributed by atoms with van der Waals surface area (Å²) in [6, 6.07) is 16.9. The fourth-order valence-corrected chi connectivity index (χ4v) is 2.94. The highest BCUT2D eigenvalue weighted by atomic mass is 32.2. The summed E-state index contributed by atoms with van der Waals surface area (Å²) in [5, 5.41) is 0. The molecule has 4 nitrogen and oxygen atoms in total. The second-order valence-electron chi connectivity index (χ2n) is 6.76. The van der Waals surface area contributed by atoms with E-state index in [0.29, 0.717) is 0 Å². The Morgan fingerprint density at radius 3 is 2.00 bits per heavy atom. The Bertz CT molecular complexity index is 1040. The summed E-state index contributed by atoms with van der Waals surface area (Å²) in [6.45, 7) is 6.50. The van der Waals surface area contributed by atoms with Gasteiger partial charge >= 0.3 is 15.6 Å². The Kier molecular flexibility index (Phi) is 6.60. The first-order chi connectivity index (χ1) is 13.3. The molecular weight excluding hydrogens is 405 g/mol. The van der Waals surface area contributed by atoms with E-state index in [9.17, 15) is 13.2 Å². The van der Waals surface area contributed by atoms with Crippen molar-refractivity contribution in [2.24, 2.45) is 0 Å². The summed E-state index contributed by atoms with van der Waals surface area (Å²) in [5.41, 5.74) is -0.677. The molecule has 1 aliphatic heterocycles. The van der Waals surface area contributed by atoms with Gasteiger partial charge in [0, 0.05) is 11.0 Å². The number of ether oxygens (including phenoxy) is 1. The van der Waals surface area contributed by atoms with Crippen molar-refractivity contribution >= 4 is 15.9 Å². The van der Waals surface area contributed by atoms with Crippen molar-refractivity contribution < 1.29 is 30.9 Å². The quantitative estimate of drug-likeness (QED) is 0.506. The molecule has 29 heavy (non-hydrogen) atoms. The molecule has 0 aromatic heterocycles. The molecule has 2 aromatic carbocycles. The van der Waals surface area contributed by atoms with Crippen LogP contribution in [-0.4, -0.2) is 18.5 Å². The summed E-state index contributed by atoms with van der Waals surface area (Å²) in [5.74, 6) is 0.932. The van der Waals surface area contributed by atoms with Crippen LogP contribution in [0.15, 0.2) is 66.9 Å². The van der Waals surface area contributed by atoms with Crippen LogP contribution in [0.25, 0.3) is 5.76 Å². The van der Waals surface area contributed by atoms with Crippen molar-refractivity contribution in [1.29, 1.82) is 0 Å². The van der Waals surface area contributed by atoms with Crippen LogP contribution in [0.1, 0.15) is 29.2 Å². The van der Waals surface area contributed by atoms with E-state index in [4.69, 9.17) is 17.7 Å². The van der Waals surface area contributed by atoms with E-state index < -0.39 is 15.6 Å². The number of alkyl halides is 3. The number of hydrogen-bond donors (Lipinski definition) is 1. The molecule has 1 aliphatic rings. The fraction of sp³-hybridized carbons (Fsp3) is 0.238. The Hall–Kier alpha value is -2.58. The van der Waals surface area contributed by atoms with Crippen LogP contribution in [0.2, 0.25) is 0 Å². The van der Waals surface area contributed by atoms with Gasteiger partial charge in [-0.1, -0.05) is 48.5 Å². The minimum absolute atomic E-state index is 0.138. The highest BCUT2D eigenvalue weighted by molar-refractivity contribution is 7.86. The van der Waals surface area contributed by atoms with E-state index in [0.717, 1.165) is 11.3 Å². The van der Waals surface area contributed by atoms with Gasteiger partial charge in [0.25, 0.3) is 0 Å². The molecule has 0 aliphatic carbocycles. The van der Waals surface area contributed by atoms with Gasteiger partial charge < -0.3 is 4.74 Å². The van der Waals surface area contributed by atoms with Gasteiger partial charge in [0.05, 0.1) is 6.26 Å². The van der Waals surface area contributed by atoms with Crippen LogP contribution in [0.3, 0.4) is 0 Å². The number of benzene rings is 2. The fourth-order valence-electron chi connectivity index (χ4n) is 2.94. The van der Waals surface area contributed by atoms with Crippen molar-refractivity contribution in [3.8, 4) is 0 Å². The van der Waals surface area contributed by atoms with Crippen molar-refractivity contribution in [2.45, 2.75) is 31.7 Å². The Morgan fingerprint density at radius 2 is 1.48 bits per heavy atom. The van der Waals surface area contributed by atoms with Crippen LogP contribution >= 0.6 is 0 Å². The molecule has 0 saturated carbocycles. The predicted octanol–water partition coefficient (Wildman–Crippen LogP) is 5.54. The molecular formula is C21H21F3O4S. The predicted molar refractivity (Wildman–Crippen MR) is 106 cm³/mol. The van der Waals surface area contributed by atoms with Gasteiger partial charge in [-0.25, -0.2) is 0 Å². The smallest absolute Gasteiger partial charge is 0.465 e. The zero-order valence-corrected chi connectivity index (χ0v) is 16.9. The average molecular weight is 426 g/mol. The maximum Gasteiger partial charge on any atom is 0.522 e. The molecule has 1 unspecified atom stereocenters. The SMILES string of the molecule is Cc1ccccc1C1=CC(C)(c2ccccc2C)C=CO1.O=S(=O)(O)C(F)(F)F. The number of allylic oxidation sites excluding steroid dienone is 2. The largest absolute Gasteiger partial charge is 0.522 e. The second kappa shape index (κ2) is 8.42. The first-order valence-corrected chi connectivity index (χ1v) is 10.0. The summed E-state index contributed by atoms with van der Waals surface area (Å²) in [7, 11) is -5.84. The highest BCUT2D eigenvalue weighted by Gasteiger charge is 2.44. The van der Waals surface area contributed by atoms with Crippen molar-refractivity contribution in [3.05, 3.63) is 89.2 Å². The Morgan fingerprint density at radius 1 is 0.966 bits per heavy atom. The number of rotatable bonds is 2. The molecule has 0 spiro atoms. The van der Waals surface area contributed by atoms with Crippen molar-refractivity contribution in [1.82, 2.24) is 0 Å². The molecule has 3 rings (SSSR count). The van der Waals surface area contributed by atoms with E-state index in [2.05, 4.69) is 81.5 Å². The van der Waals surface area contributed by atoms with Gasteiger partial charge in [-0.15, -0.1) is 0 Å². The van der Waals surface area contributed by atoms with Gasteiger partial charge in [-0.05, 0) is 49.6 Å². The standard InChI is InChI=1S/C20H20O.CHF3O3S/c1-15-8-4-6-10-17(15)19-14-20(3,12-13-21-19)18-11-7-5-9-16(18)2;2-1(3,4)8(5,6)7/h4-14H,1-3H3;(H,5,6,7). The van der Waals surface area contributed by atoms with Crippen molar-refractivity contribution in [3.63, 3.8) is 0 Å². The van der Waals surface area contributed by atoms with Crippen LogP contribution in [-0.2, 0) is 20.3 Å². The van der Waals surface area contributed by atoms with Gasteiger partial charge in [-0.2, -0.15) is 21.6 Å². The minimum atomic E-state index is -5.84. The van der Waals surface area contributed by atoms with E-state index >= 15 is 0 Å². The molecule has 1 heterocycles. The molecule has 0 saturated heterocycles. The zero-order valence-electron chi connectivity index (χ0n) is 16.1. The maximum atomic E-state index is 10.7. The summed E-state index contributed by atoms with van der Waals surface area (Å²) in [6.07, 6.45) is 6.16. The molecule has 1 atom stereocenters. The third kappa shape index (κ3) is 5.48. The van der Waals surface area contributed by atoms with Crippen LogP contribution in [0, 0.1) is 13.8 Å². The number of halogens is 3. The van der Waals surface area contributed by atoms with E-state index in [1.807, 2.05) is 6.26 Å². The molecule has 0 radical (unpaired) electrons. The van der Waals surface area contributed by atoms with Gasteiger partial charge in [0.2, 0.25) is 0 Å². The molecule has 156 valence electrons. The summed E-state index contributed by atoms with van der Waals surface area (Å²) < 4.78 is 63.3. The Balaban J connectivity index is 0.000000321.